The van der Waals surface area contributed by atoms with Crippen LogP contribution >= 0.6 is 0 Å². The molecule has 2 aromatic rings. The van der Waals surface area contributed by atoms with Crippen molar-refractivity contribution in [1.29, 1.82) is 0 Å². The molecule has 0 aromatic carbocycles. The predicted octanol–water partition coefficient (Wildman–Crippen LogP) is 1.02. The van der Waals surface area contributed by atoms with Crippen molar-refractivity contribution in [2.45, 2.75) is 33.0 Å². The molecule has 7 nitrogen and oxygen atoms in total. The van der Waals surface area contributed by atoms with Crippen molar-refractivity contribution in [3.05, 3.63) is 36.2 Å². The maximum absolute atomic E-state index is 9.25. The second-order valence-electron chi connectivity index (χ2n) is 5.60. The van der Waals surface area contributed by atoms with Crippen molar-refractivity contribution in [2.24, 2.45) is 7.05 Å². The Morgan fingerprint density at radius 3 is 2.50 bits per heavy atom. The highest BCUT2D eigenvalue weighted by atomic mass is 16.3. The molecule has 0 fully saturated rings. The molecule has 2 heterocycles. The molecule has 7 heteroatoms. The Hall–Kier alpha value is -1.99. The van der Waals surface area contributed by atoms with E-state index in [4.69, 9.17) is 0 Å². The third-order valence-corrected chi connectivity index (χ3v) is 3.23. The van der Waals surface area contributed by atoms with E-state index >= 15 is 0 Å². The minimum atomic E-state index is 0.109. The van der Waals surface area contributed by atoms with Crippen LogP contribution in [0.1, 0.15) is 25.2 Å². The van der Waals surface area contributed by atoms with Crippen LogP contribution in [0.2, 0.25) is 0 Å². The molecule has 0 aliphatic heterocycles. The van der Waals surface area contributed by atoms with Crippen LogP contribution in [-0.4, -0.2) is 48.7 Å². The molecule has 0 radical (unpaired) electrons. The number of hydrogen-bond acceptors (Lipinski definition) is 6. The first-order chi connectivity index (χ1) is 10.6. The first-order valence-electron chi connectivity index (χ1n) is 7.45. The minimum absolute atomic E-state index is 0.109. The molecule has 22 heavy (non-hydrogen) atoms. The third kappa shape index (κ3) is 4.78. The van der Waals surface area contributed by atoms with E-state index in [1.807, 2.05) is 44.1 Å². The van der Waals surface area contributed by atoms with Crippen LogP contribution in [0.15, 0.2) is 24.8 Å². The lowest BCUT2D eigenvalue weighted by Crippen LogP contribution is -2.27. The van der Waals surface area contributed by atoms with Crippen LogP contribution in [0.4, 0.5) is 5.95 Å². The fourth-order valence-corrected chi connectivity index (χ4v) is 2.13. The summed E-state index contributed by atoms with van der Waals surface area (Å²) in [4.78, 5) is 15.1. The van der Waals surface area contributed by atoms with Crippen molar-refractivity contribution < 1.29 is 5.11 Å². The summed E-state index contributed by atoms with van der Waals surface area (Å²) < 4.78 is 1.98. The highest BCUT2D eigenvalue weighted by Gasteiger charge is 2.10. The molecule has 0 spiro atoms. The maximum Gasteiger partial charge on any atom is 0.222 e. The van der Waals surface area contributed by atoms with E-state index < -0.39 is 0 Å². The van der Waals surface area contributed by atoms with Gasteiger partial charge in [-0.15, -0.1) is 0 Å². The Morgan fingerprint density at radius 2 is 1.95 bits per heavy atom. The van der Waals surface area contributed by atoms with Gasteiger partial charge in [-0.1, -0.05) is 0 Å². The minimum Gasteiger partial charge on any atom is -0.395 e. The predicted molar refractivity (Wildman–Crippen MR) is 85.2 cm³/mol. The third-order valence-electron chi connectivity index (χ3n) is 3.23. The Balaban J connectivity index is 1.99. The molecule has 2 aromatic heterocycles. The Kier molecular flexibility index (Phi) is 5.85. The largest absolute Gasteiger partial charge is 0.395 e. The molecule has 0 aliphatic rings. The zero-order valence-electron chi connectivity index (χ0n) is 13.4. The van der Waals surface area contributed by atoms with E-state index in [1.54, 1.807) is 6.20 Å². The second-order valence-corrected chi connectivity index (χ2v) is 5.60. The lowest BCUT2D eigenvalue weighted by atomic mass is 10.3. The number of nitrogens with one attached hydrogen (secondary N) is 1. The van der Waals surface area contributed by atoms with E-state index in [-0.39, 0.29) is 6.61 Å². The number of aryl methyl sites for hydroxylation is 1. The van der Waals surface area contributed by atoms with Crippen LogP contribution < -0.4 is 5.32 Å². The standard InChI is InChI=1S/C15H24N6O/c1-12(2)19-15-17-8-13(9-18-15)10-21(6-7-22)11-14-16-4-5-20(14)3/h4-5,8-9,12,22H,6-7,10-11H2,1-3H3,(H,17,18,19). The number of anilines is 1. The normalized spacial score (nSPS) is 11.4. The van der Waals surface area contributed by atoms with Gasteiger partial charge in [-0.2, -0.15) is 0 Å². The van der Waals surface area contributed by atoms with Crippen LogP contribution in [0.3, 0.4) is 0 Å². The summed E-state index contributed by atoms with van der Waals surface area (Å²) in [6.07, 6.45) is 7.34. The molecule has 0 unspecified atom stereocenters. The Morgan fingerprint density at radius 1 is 1.23 bits per heavy atom. The highest BCUT2D eigenvalue weighted by Crippen LogP contribution is 2.08. The molecule has 0 bridgehead atoms. The van der Waals surface area contributed by atoms with Gasteiger partial charge in [0.1, 0.15) is 5.82 Å². The van der Waals surface area contributed by atoms with E-state index in [2.05, 4.69) is 25.2 Å². The summed E-state index contributed by atoms with van der Waals surface area (Å²) >= 11 is 0. The van der Waals surface area contributed by atoms with Gasteiger partial charge in [-0.25, -0.2) is 15.0 Å². The molecule has 0 aliphatic carbocycles. The van der Waals surface area contributed by atoms with Gasteiger partial charge in [0, 0.05) is 56.5 Å². The molecule has 2 N–H and O–H groups in total. The van der Waals surface area contributed by atoms with Crippen LogP contribution in [0.5, 0.6) is 0 Å². The molecular weight excluding hydrogens is 280 g/mol. The van der Waals surface area contributed by atoms with E-state index in [0.717, 1.165) is 11.4 Å². The molecular formula is C15H24N6O. The number of imidazole rings is 1. The van der Waals surface area contributed by atoms with Crippen molar-refractivity contribution >= 4 is 5.95 Å². The number of rotatable bonds is 8. The van der Waals surface area contributed by atoms with Crippen LogP contribution in [0.25, 0.3) is 0 Å². The van der Waals surface area contributed by atoms with Gasteiger partial charge in [-0.3, -0.25) is 4.90 Å². The molecule has 2 rings (SSSR count). The molecule has 0 amide bonds. The van der Waals surface area contributed by atoms with Crippen molar-refractivity contribution in [1.82, 2.24) is 24.4 Å². The average Bonchev–Trinajstić information content (AvgIpc) is 2.86. The smallest absolute Gasteiger partial charge is 0.222 e. The number of aliphatic hydroxyl groups excluding tert-OH is 1. The monoisotopic (exact) mass is 304 g/mol. The molecule has 120 valence electrons. The first-order valence-corrected chi connectivity index (χ1v) is 7.45. The van der Waals surface area contributed by atoms with Gasteiger partial charge in [0.15, 0.2) is 0 Å². The summed E-state index contributed by atoms with van der Waals surface area (Å²) in [5, 5.41) is 12.4. The fourth-order valence-electron chi connectivity index (χ4n) is 2.13. The van der Waals surface area contributed by atoms with Crippen LogP contribution in [0, 0.1) is 0 Å². The topological polar surface area (TPSA) is 79.1 Å². The summed E-state index contributed by atoms with van der Waals surface area (Å²) in [5.74, 6) is 1.60. The van der Waals surface area contributed by atoms with E-state index in [0.29, 0.717) is 31.6 Å². The average molecular weight is 304 g/mol. The van der Waals surface area contributed by atoms with Crippen molar-refractivity contribution in [2.75, 3.05) is 18.5 Å². The number of nitrogens with zero attached hydrogens (tertiary/aromatic N) is 5. The van der Waals surface area contributed by atoms with E-state index in [9.17, 15) is 5.11 Å². The quantitative estimate of drug-likeness (QED) is 0.758. The van der Waals surface area contributed by atoms with Crippen molar-refractivity contribution in [3.8, 4) is 0 Å². The lowest BCUT2D eigenvalue weighted by Gasteiger charge is -2.20. The first kappa shape index (κ1) is 16.4. The molecule has 0 atom stereocenters. The van der Waals surface area contributed by atoms with Gasteiger partial charge < -0.3 is 15.0 Å². The Labute approximate surface area is 131 Å². The summed E-state index contributed by atoms with van der Waals surface area (Å²) in [6.45, 7) is 6.14. The summed E-state index contributed by atoms with van der Waals surface area (Å²) in [7, 11) is 1.97. The lowest BCUT2D eigenvalue weighted by molar-refractivity contribution is 0.180. The Bertz CT molecular complexity index is 566. The van der Waals surface area contributed by atoms with Gasteiger partial charge >= 0.3 is 0 Å². The maximum atomic E-state index is 9.25. The number of hydrogen-bond donors (Lipinski definition) is 2. The number of aromatic nitrogens is 4. The van der Waals surface area contributed by atoms with Crippen LogP contribution in [-0.2, 0) is 20.1 Å². The van der Waals surface area contributed by atoms with Gasteiger partial charge in [-0.05, 0) is 13.8 Å². The zero-order valence-corrected chi connectivity index (χ0v) is 13.4. The summed E-state index contributed by atoms with van der Waals surface area (Å²) in [5.41, 5.74) is 1.01. The number of aliphatic hydroxyl groups is 1. The highest BCUT2D eigenvalue weighted by molar-refractivity contribution is 5.25. The fraction of sp³-hybridized carbons (Fsp3) is 0.533. The van der Waals surface area contributed by atoms with Gasteiger partial charge in [0.05, 0.1) is 13.2 Å². The van der Waals surface area contributed by atoms with Gasteiger partial charge in [0.25, 0.3) is 0 Å². The van der Waals surface area contributed by atoms with Gasteiger partial charge in [0.2, 0.25) is 5.95 Å². The molecule has 0 saturated heterocycles. The second kappa shape index (κ2) is 7.86. The zero-order chi connectivity index (χ0) is 15.9. The molecule has 0 saturated carbocycles. The van der Waals surface area contributed by atoms with Crippen molar-refractivity contribution in [3.63, 3.8) is 0 Å². The summed E-state index contributed by atoms with van der Waals surface area (Å²) in [6, 6.07) is 0.306. The SMILES string of the molecule is CC(C)Nc1ncc(CN(CCO)Cc2nccn2C)cn1. The van der Waals surface area contributed by atoms with E-state index in [1.165, 1.54) is 0 Å².